The van der Waals surface area contributed by atoms with E-state index in [-0.39, 0.29) is 18.9 Å². The zero-order valence-corrected chi connectivity index (χ0v) is 8.53. The van der Waals surface area contributed by atoms with Gasteiger partial charge >= 0.3 is 5.97 Å². The van der Waals surface area contributed by atoms with Gasteiger partial charge in [-0.1, -0.05) is 13.0 Å². The normalized spacial score (nSPS) is 9.50. The zero-order valence-electron chi connectivity index (χ0n) is 8.53. The molecule has 4 heteroatoms. The predicted molar refractivity (Wildman–Crippen MR) is 53.9 cm³/mol. The lowest BCUT2D eigenvalue weighted by atomic mass is 10.2. The van der Waals surface area contributed by atoms with Crippen LogP contribution in [0, 0.1) is 0 Å². The highest BCUT2D eigenvalue weighted by atomic mass is 16.4. The fourth-order valence-electron chi connectivity index (χ4n) is 1.08. The van der Waals surface area contributed by atoms with Crippen molar-refractivity contribution >= 4 is 11.9 Å². The Hall–Kier alpha value is -1.32. The number of nitrogens with zero attached hydrogens (tertiary/aromatic N) is 1. The summed E-state index contributed by atoms with van der Waals surface area (Å²) >= 11 is 0. The van der Waals surface area contributed by atoms with Crippen LogP contribution in [-0.2, 0) is 9.59 Å². The number of hydrogen-bond donors (Lipinski definition) is 1. The van der Waals surface area contributed by atoms with Crippen LogP contribution in [-0.4, -0.2) is 35.0 Å². The summed E-state index contributed by atoms with van der Waals surface area (Å²) in [5.74, 6) is -0.892. The molecule has 0 saturated carbocycles. The highest BCUT2D eigenvalue weighted by Crippen LogP contribution is 1.99. The number of rotatable bonds is 7. The second kappa shape index (κ2) is 7.12. The van der Waals surface area contributed by atoms with E-state index in [9.17, 15) is 9.59 Å². The van der Waals surface area contributed by atoms with E-state index in [1.165, 1.54) is 4.90 Å². The second-order valence-corrected chi connectivity index (χ2v) is 3.02. The number of carbonyl (C=O) groups is 2. The van der Waals surface area contributed by atoms with E-state index in [2.05, 4.69) is 6.58 Å². The third-order valence-corrected chi connectivity index (χ3v) is 1.76. The van der Waals surface area contributed by atoms with Crippen LogP contribution in [0.3, 0.4) is 0 Å². The van der Waals surface area contributed by atoms with Crippen LogP contribution in [0.15, 0.2) is 12.7 Å². The fraction of sp³-hybridized carbons (Fsp3) is 0.600. The minimum atomic E-state index is -0.886. The quantitative estimate of drug-likeness (QED) is 0.628. The number of carboxylic acids is 1. The molecule has 1 amide bonds. The van der Waals surface area contributed by atoms with E-state index >= 15 is 0 Å². The van der Waals surface area contributed by atoms with Crippen LogP contribution in [0.25, 0.3) is 0 Å². The third kappa shape index (κ3) is 5.35. The van der Waals surface area contributed by atoms with Gasteiger partial charge in [0, 0.05) is 19.5 Å². The molecule has 0 fully saturated rings. The van der Waals surface area contributed by atoms with Crippen molar-refractivity contribution in [3.05, 3.63) is 12.7 Å². The first-order valence-corrected chi connectivity index (χ1v) is 4.72. The summed E-state index contributed by atoms with van der Waals surface area (Å²) in [6, 6.07) is 0. The van der Waals surface area contributed by atoms with E-state index in [1.807, 2.05) is 6.92 Å². The topological polar surface area (TPSA) is 57.6 Å². The molecule has 0 aliphatic heterocycles. The van der Waals surface area contributed by atoms with Crippen LogP contribution in [0.1, 0.15) is 26.2 Å². The largest absolute Gasteiger partial charge is 0.481 e. The van der Waals surface area contributed by atoms with Crippen LogP contribution in [0.5, 0.6) is 0 Å². The van der Waals surface area contributed by atoms with Crippen LogP contribution < -0.4 is 0 Å². The molecule has 0 heterocycles. The van der Waals surface area contributed by atoms with Gasteiger partial charge in [0.05, 0.1) is 6.42 Å². The molecule has 0 aromatic heterocycles. The second-order valence-electron chi connectivity index (χ2n) is 3.02. The molecule has 0 spiro atoms. The van der Waals surface area contributed by atoms with Gasteiger partial charge in [0.2, 0.25) is 5.91 Å². The molecule has 0 unspecified atom stereocenters. The third-order valence-electron chi connectivity index (χ3n) is 1.76. The standard InChI is InChI=1S/C10H17NO3/c1-3-5-9(12)11(7-4-2)8-6-10(13)14/h4H,2-3,5-8H2,1H3,(H,13,14). The lowest BCUT2D eigenvalue weighted by molar-refractivity contribution is -0.138. The first kappa shape index (κ1) is 12.7. The van der Waals surface area contributed by atoms with Crippen molar-refractivity contribution in [1.29, 1.82) is 0 Å². The van der Waals surface area contributed by atoms with Gasteiger partial charge in [0.15, 0.2) is 0 Å². The number of aliphatic carboxylic acids is 1. The van der Waals surface area contributed by atoms with Crippen molar-refractivity contribution in [3.63, 3.8) is 0 Å². The summed E-state index contributed by atoms with van der Waals surface area (Å²) in [4.78, 5) is 23.3. The minimum absolute atomic E-state index is 0.00588. The molecule has 0 aromatic rings. The van der Waals surface area contributed by atoms with Crippen molar-refractivity contribution in [2.24, 2.45) is 0 Å². The van der Waals surface area contributed by atoms with Gasteiger partial charge in [0.1, 0.15) is 0 Å². The first-order valence-electron chi connectivity index (χ1n) is 4.72. The summed E-state index contributed by atoms with van der Waals surface area (Å²) < 4.78 is 0. The van der Waals surface area contributed by atoms with Crippen molar-refractivity contribution < 1.29 is 14.7 Å². The smallest absolute Gasteiger partial charge is 0.305 e. The Morgan fingerprint density at radius 2 is 2.07 bits per heavy atom. The molecule has 0 radical (unpaired) electrons. The Labute approximate surface area is 84.2 Å². The molecule has 0 aliphatic carbocycles. The van der Waals surface area contributed by atoms with Gasteiger partial charge in [-0.3, -0.25) is 9.59 Å². The van der Waals surface area contributed by atoms with E-state index in [1.54, 1.807) is 6.08 Å². The Bertz CT molecular complexity index is 213. The SMILES string of the molecule is C=CCN(CCC(=O)O)C(=O)CCC. The average molecular weight is 199 g/mol. The number of carboxylic acid groups (broad SMARTS) is 1. The maximum absolute atomic E-state index is 11.4. The van der Waals surface area contributed by atoms with Crippen LogP contribution >= 0.6 is 0 Å². The van der Waals surface area contributed by atoms with Crippen LogP contribution in [0.4, 0.5) is 0 Å². The van der Waals surface area contributed by atoms with E-state index in [4.69, 9.17) is 5.11 Å². The van der Waals surface area contributed by atoms with Gasteiger partial charge in [-0.05, 0) is 6.42 Å². The Morgan fingerprint density at radius 1 is 1.43 bits per heavy atom. The summed E-state index contributed by atoms with van der Waals surface area (Å²) in [5, 5.41) is 8.48. The maximum atomic E-state index is 11.4. The highest BCUT2D eigenvalue weighted by molar-refractivity contribution is 5.77. The van der Waals surface area contributed by atoms with Gasteiger partial charge < -0.3 is 10.0 Å². The summed E-state index contributed by atoms with van der Waals surface area (Å²) in [5.41, 5.74) is 0. The van der Waals surface area contributed by atoms with Gasteiger partial charge in [0.25, 0.3) is 0 Å². The fourth-order valence-corrected chi connectivity index (χ4v) is 1.08. The van der Waals surface area contributed by atoms with Crippen molar-refractivity contribution in [3.8, 4) is 0 Å². The number of carbonyl (C=O) groups excluding carboxylic acids is 1. The number of hydrogen-bond acceptors (Lipinski definition) is 2. The van der Waals surface area contributed by atoms with Gasteiger partial charge in [-0.2, -0.15) is 0 Å². The minimum Gasteiger partial charge on any atom is -0.481 e. The first-order chi connectivity index (χ1) is 6.61. The summed E-state index contributed by atoms with van der Waals surface area (Å²) in [7, 11) is 0. The Balaban J connectivity index is 4.05. The van der Waals surface area contributed by atoms with E-state index < -0.39 is 5.97 Å². The lowest BCUT2D eigenvalue weighted by Crippen LogP contribution is -2.32. The Kier molecular flexibility index (Phi) is 6.45. The molecule has 0 rings (SSSR count). The molecule has 0 bridgehead atoms. The lowest BCUT2D eigenvalue weighted by Gasteiger charge is -2.19. The van der Waals surface area contributed by atoms with E-state index in [0.717, 1.165) is 6.42 Å². The zero-order chi connectivity index (χ0) is 11.0. The van der Waals surface area contributed by atoms with Gasteiger partial charge in [-0.15, -0.1) is 6.58 Å². The number of amides is 1. The molecule has 4 nitrogen and oxygen atoms in total. The van der Waals surface area contributed by atoms with Gasteiger partial charge in [-0.25, -0.2) is 0 Å². The molecule has 1 N–H and O–H groups in total. The predicted octanol–water partition coefficient (Wildman–Crippen LogP) is 1.28. The molecule has 0 atom stereocenters. The summed E-state index contributed by atoms with van der Waals surface area (Å²) in [6.45, 7) is 6.13. The molecule has 14 heavy (non-hydrogen) atoms. The highest BCUT2D eigenvalue weighted by Gasteiger charge is 2.11. The molecule has 80 valence electrons. The molecule has 0 aliphatic rings. The van der Waals surface area contributed by atoms with Crippen molar-refractivity contribution in [2.75, 3.05) is 13.1 Å². The Morgan fingerprint density at radius 3 is 2.50 bits per heavy atom. The molecule has 0 saturated heterocycles. The summed E-state index contributed by atoms with van der Waals surface area (Å²) in [6.07, 6.45) is 2.84. The van der Waals surface area contributed by atoms with Crippen molar-refractivity contribution in [1.82, 2.24) is 4.90 Å². The van der Waals surface area contributed by atoms with Crippen LogP contribution in [0.2, 0.25) is 0 Å². The van der Waals surface area contributed by atoms with Crippen molar-refractivity contribution in [2.45, 2.75) is 26.2 Å². The molecular weight excluding hydrogens is 182 g/mol. The average Bonchev–Trinajstić information content (AvgIpc) is 2.12. The molecule has 0 aromatic carbocycles. The molecular formula is C10H17NO3. The maximum Gasteiger partial charge on any atom is 0.305 e. The monoisotopic (exact) mass is 199 g/mol. The van der Waals surface area contributed by atoms with E-state index in [0.29, 0.717) is 13.0 Å².